The molecule has 0 aliphatic carbocycles. The summed E-state index contributed by atoms with van der Waals surface area (Å²) in [4.78, 5) is 26.6. The van der Waals surface area contributed by atoms with Gasteiger partial charge in [0, 0.05) is 6.42 Å². The maximum Gasteiger partial charge on any atom is 0.306 e. The van der Waals surface area contributed by atoms with Crippen molar-refractivity contribution < 1.29 is 49.3 Å². The normalized spacial score (nSPS) is 19.2. The van der Waals surface area contributed by atoms with E-state index >= 15 is 0 Å². The minimum atomic E-state index is -1.62. The Kier molecular flexibility index (Phi) is 52.1. The molecule has 1 heterocycles. The zero-order chi connectivity index (χ0) is 56.8. The smallest absolute Gasteiger partial charge is 0.306 e. The number of allylic oxidation sites excluding steroid dienone is 7. The van der Waals surface area contributed by atoms with Crippen LogP contribution >= 0.6 is 0 Å². The molecule has 1 rings (SSSR count). The van der Waals surface area contributed by atoms with Gasteiger partial charge in [0.25, 0.3) is 0 Å². The molecule has 0 aromatic carbocycles. The van der Waals surface area contributed by atoms with Gasteiger partial charge in [-0.25, -0.2) is 0 Å². The number of hydrogen-bond acceptors (Lipinski definition) is 10. The lowest BCUT2D eigenvalue weighted by Gasteiger charge is -2.41. The molecule has 0 aromatic rings. The Labute approximate surface area is 478 Å². The molecule has 8 atom stereocenters. The van der Waals surface area contributed by atoms with Crippen LogP contribution in [0.5, 0.6) is 0 Å². The molecular weight excluding hydrogens is 979 g/mol. The number of unbranched alkanes of at least 4 members (excludes halogenated alkanes) is 36. The monoisotopic (exact) mass is 1100 g/mol. The highest BCUT2D eigenvalue weighted by Gasteiger charge is 2.47. The van der Waals surface area contributed by atoms with Crippen LogP contribution in [0.15, 0.2) is 48.6 Å². The van der Waals surface area contributed by atoms with Gasteiger partial charge in [0.2, 0.25) is 5.91 Å². The number of rotatable bonds is 56. The largest absolute Gasteiger partial charge is 0.454 e. The Hall–Kier alpha value is -2.38. The van der Waals surface area contributed by atoms with Crippen LogP contribution in [0.3, 0.4) is 0 Å². The minimum absolute atomic E-state index is 0.0990. The highest BCUT2D eigenvalue weighted by molar-refractivity contribution is 5.80. The summed E-state index contributed by atoms with van der Waals surface area (Å²) in [5.74, 6) is -1.21. The first-order chi connectivity index (χ1) is 38.2. The van der Waals surface area contributed by atoms with E-state index in [9.17, 15) is 35.1 Å². The second kappa shape index (κ2) is 55.2. The summed E-state index contributed by atoms with van der Waals surface area (Å²) in [5, 5.41) is 57.1. The van der Waals surface area contributed by atoms with Gasteiger partial charge in [0.15, 0.2) is 12.4 Å². The first-order valence-electron chi connectivity index (χ1n) is 32.9. The predicted octanol–water partition coefficient (Wildman–Crippen LogP) is 16.0. The summed E-state index contributed by atoms with van der Waals surface area (Å²) in [6.07, 6.45) is 57.2. The minimum Gasteiger partial charge on any atom is -0.454 e. The summed E-state index contributed by atoms with van der Waals surface area (Å²) in [7, 11) is 0. The van der Waals surface area contributed by atoms with E-state index in [2.05, 4.69) is 62.5 Å². The third-order valence-electron chi connectivity index (χ3n) is 15.5. The fraction of sp³-hybridized carbons (Fsp3) is 0.851. The number of ether oxygens (including phenoxy) is 3. The first kappa shape index (κ1) is 73.6. The molecule has 1 saturated heterocycles. The molecule has 0 bridgehead atoms. The Bertz CT molecular complexity index is 1450. The number of carbonyl (C=O) groups excluding carboxylic acids is 2. The van der Waals surface area contributed by atoms with Crippen molar-refractivity contribution in [3.05, 3.63) is 48.6 Å². The van der Waals surface area contributed by atoms with E-state index in [1.54, 1.807) is 6.08 Å². The molecule has 0 spiro atoms. The Morgan fingerprint density at radius 1 is 0.500 bits per heavy atom. The molecule has 78 heavy (non-hydrogen) atoms. The molecule has 11 nitrogen and oxygen atoms in total. The molecule has 0 radical (unpaired) electrons. The lowest BCUT2D eigenvalue weighted by molar-refractivity contribution is -0.305. The van der Waals surface area contributed by atoms with Gasteiger partial charge < -0.3 is 45.1 Å². The maximum absolute atomic E-state index is 13.4. The van der Waals surface area contributed by atoms with Gasteiger partial charge in [0.1, 0.15) is 24.4 Å². The van der Waals surface area contributed by atoms with Crippen molar-refractivity contribution in [1.29, 1.82) is 0 Å². The molecule has 0 saturated carbocycles. The van der Waals surface area contributed by atoms with Crippen LogP contribution in [0.25, 0.3) is 0 Å². The van der Waals surface area contributed by atoms with E-state index in [0.717, 1.165) is 83.5 Å². The molecule has 1 amide bonds. The van der Waals surface area contributed by atoms with Crippen LogP contribution in [0.4, 0.5) is 0 Å². The SMILES string of the molecule is CCCCC/C=C\C/C=C\C/C=C\CCCCCCC(=O)OC1C(OCC(NC(=O)C(O)CCCCCCCCCCCCCCCCCCCCCC)C(O)/C=C/CCCCCCCCCCCC)OC(CO)C(O)C1O. The number of aliphatic hydroxyl groups is 5. The van der Waals surface area contributed by atoms with Crippen LogP contribution in [0.2, 0.25) is 0 Å². The third kappa shape index (κ3) is 42.5. The number of hydrogen-bond donors (Lipinski definition) is 6. The lowest BCUT2D eigenvalue weighted by atomic mass is 9.99. The van der Waals surface area contributed by atoms with Gasteiger partial charge in [-0.3, -0.25) is 9.59 Å². The molecule has 1 aliphatic rings. The quantitative estimate of drug-likeness (QED) is 0.0195. The van der Waals surface area contributed by atoms with E-state index in [0.29, 0.717) is 19.3 Å². The van der Waals surface area contributed by atoms with Gasteiger partial charge in [-0.05, 0) is 64.2 Å². The van der Waals surface area contributed by atoms with E-state index in [1.807, 2.05) is 6.08 Å². The summed E-state index contributed by atoms with van der Waals surface area (Å²) in [6, 6.07) is -1.03. The molecule has 11 heteroatoms. The van der Waals surface area contributed by atoms with Gasteiger partial charge in [0.05, 0.1) is 25.4 Å². The Morgan fingerprint density at radius 2 is 0.885 bits per heavy atom. The number of esters is 1. The first-order valence-corrected chi connectivity index (χ1v) is 32.9. The van der Waals surface area contributed by atoms with Crippen molar-refractivity contribution in [2.45, 2.75) is 352 Å². The van der Waals surface area contributed by atoms with Gasteiger partial charge >= 0.3 is 5.97 Å². The van der Waals surface area contributed by atoms with Crippen molar-refractivity contribution in [1.82, 2.24) is 5.32 Å². The van der Waals surface area contributed by atoms with E-state index in [4.69, 9.17) is 14.2 Å². The number of amides is 1. The number of nitrogens with one attached hydrogen (secondary N) is 1. The van der Waals surface area contributed by atoms with Crippen LogP contribution < -0.4 is 5.32 Å². The maximum atomic E-state index is 13.4. The van der Waals surface area contributed by atoms with Crippen LogP contribution in [-0.4, -0.2) is 99.6 Å². The Morgan fingerprint density at radius 3 is 1.35 bits per heavy atom. The lowest BCUT2D eigenvalue weighted by Crippen LogP contribution is -2.61. The average molecular weight is 1100 g/mol. The Balaban J connectivity index is 2.65. The summed E-state index contributed by atoms with van der Waals surface area (Å²) >= 11 is 0. The molecule has 1 fully saturated rings. The van der Waals surface area contributed by atoms with E-state index in [1.165, 1.54) is 173 Å². The topological polar surface area (TPSA) is 175 Å². The summed E-state index contributed by atoms with van der Waals surface area (Å²) in [5.41, 5.74) is 0. The molecule has 1 aliphatic heterocycles. The van der Waals surface area contributed by atoms with E-state index in [-0.39, 0.29) is 13.0 Å². The van der Waals surface area contributed by atoms with Gasteiger partial charge in [-0.1, -0.05) is 281 Å². The van der Waals surface area contributed by atoms with Crippen LogP contribution in [0.1, 0.15) is 303 Å². The molecule has 456 valence electrons. The molecule has 0 aromatic heterocycles. The predicted molar refractivity (Wildman–Crippen MR) is 324 cm³/mol. The second-order valence-corrected chi connectivity index (χ2v) is 22.9. The number of carbonyl (C=O) groups is 2. The van der Waals surface area contributed by atoms with Crippen molar-refractivity contribution in [2.24, 2.45) is 0 Å². The highest BCUT2D eigenvalue weighted by atomic mass is 16.7. The van der Waals surface area contributed by atoms with Gasteiger partial charge in [-0.15, -0.1) is 0 Å². The van der Waals surface area contributed by atoms with E-state index < -0.39 is 67.4 Å². The summed E-state index contributed by atoms with van der Waals surface area (Å²) < 4.78 is 17.6. The highest BCUT2D eigenvalue weighted by Crippen LogP contribution is 2.26. The fourth-order valence-corrected chi connectivity index (χ4v) is 10.2. The molecule has 6 N–H and O–H groups in total. The summed E-state index contributed by atoms with van der Waals surface area (Å²) in [6.45, 7) is 5.78. The van der Waals surface area contributed by atoms with Crippen molar-refractivity contribution >= 4 is 11.9 Å². The number of aliphatic hydroxyl groups excluding tert-OH is 5. The van der Waals surface area contributed by atoms with Crippen LogP contribution in [-0.2, 0) is 23.8 Å². The van der Waals surface area contributed by atoms with Gasteiger partial charge in [-0.2, -0.15) is 0 Å². The standard InChI is InChI=1S/C67H123NO10/c1-4-7-10-13-16-19-22-25-27-29-30-31-33-34-36-39-42-45-48-51-54-60(71)66(75)68-58(59(70)53-50-47-44-41-38-24-21-18-15-12-9-6-3)57-76-67-65(64(74)63(73)61(56-69)77-67)78-62(72)55-52-49-46-43-40-37-35-32-28-26-23-20-17-14-11-8-5-2/h17,20,26,28,35,37,50,53,58-61,63-65,67,69-71,73-74H,4-16,18-19,21-25,27,29-34,36,38-49,51-52,54-57H2,1-3H3,(H,68,75)/b20-17-,28-26-,37-35-,53-50+. The average Bonchev–Trinajstić information content (AvgIpc) is 3.45. The molecule has 8 unspecified atom stereocenters. The van der Waals surface area contributed by atoms with Crippen LogP contribution in [0, 0.1) is 0 Å². The fourth-order valence-electron chi connectivity index (χ4n) is 10.2. The second-order valence-electron chi connectivity index (χ2n) is 22.9. The van der Waals surface area contributed by atoms with Crippen molar-refractivity contribution in [2.75, 3.05) is 13.2 Å². The zero-order valence-electron chi connectivity index (χ0n) is 50.5. The van der Waals surface area contributed by atoms with Crippen molar-refractivity contribution in [3.63, 3.8) is 0 Å². The van der Waals surface area contributed by atoms with Crippen molar-refractivity contribution in [3.8, 4) is 0 Å². The molecular formula is C67H123NO10. The zero-order valence-corrected chi connectivity index (χ0v) is 50.5. The third-order valence-corrected chi connectivity index (χ3v) is 15.5.